The van der Waals surface area contributed by atoms with Gasteiger partial charge in [-0.1, -0.05) is 29.3 Å². The first-order valence-electron chi connectivity index (χ1n) is 10.4. The molecule has 1 fully saturated rings. The highest BCUT2D eigenvalue weighted by atomic mass is 79.9. The largest absolute Gasteiger partial charge is 0.454 e. The fourth-order valence-corrected chi connectivity index (χ4v) is 5.13. The molecule has 36 heavy (non-hydrogen) atoms. The fourth-order valence-electron chi connectivity index (χ4n) is 3.47. The molecule has 0 N–H and O–H groups in total. The Morgan fingerprint density at radius 1 is 1.06 bits per heavy atom. The highest BCUT2D eigenvalue weighted by Gasteiger charge is 2.35. The molecule has 0 saturated carbocycles. The first kappa shape index (κ1) is 24.7. The van der Waals surface area contributed by atoms with Gasteiger partial charge in [-0.3, -0.25) is 14.5 Å². The lowest BCUT2D eigenvalue weighted by Gasteiger charge is -2.14. The number of imide groups is 1. The van der Waals surface area contributed by atoms with Gasteiger partial charge in [-0.25, -0.2) is 4.79 Å². The van der Waals surface area contributed by atoms with Gasteiger partial charge in [-0.15, -0.1) is 0 Å². The van der Waals surface area contributed by atoms with E-state index in [1.807, 2.05) is 0 Å². The molecular weight excluding hydrogens is 593 g/mol. The summed E-state index contributed by atoms with van der Waals surface area (Å²) < 4.78 is 16.6. The van der Waals surface area contributed by atoms with Gasteiger partial charge < -0.3 is 14.2 Å². The van der Waals surface area contributed by atoms with Crippen LogP contribution in [0.25, 0.3) is 6.08 Å². The van der Waals surface area contributed by atoms with Crippen molar-refractivity contribution in [3.8, 4) is 17.2 Å². The molecule has 0 radical (unpaired) electrons. The van der Waals surface area contributed by atoms with Crippen LogP contribution in [0.15, 0.2) is 64.0 Å². The molecule has 2 aliphatic rings. The number of ether oxygens (including phenoxy) is 3. The molecule has 2 heterocycles. The predicted octanol–water partition coefficient (Wildman–Crippen LogP) is 6.94. The number of amides is 2. The van der Waals surface area contributed by atoms with Gasteiger partial charge in [0.25, 0.3) is 11.1 Å². The van der Waals surface area contributed by atoms with Gasteiger partial charge in [0.1, 0.15) is 5.75 Å². The molecule has 11 heteroatoms. The van der Waals surface area contributed by atoms with Crippen molar-refractivity contribution in [3.63, 3.8) is 0 Å². The first-order valence-corrected chi connectivity index (χ1v) is 12.8. The van der Waals surface area contributed by atoms with Crippen molar-refractivity contribution >= 4 is 74.1 Å². The van der Waals surface area contributed by atoms with Crippen LogP contribution >= 0.6 is 50.9 Å². The molecule has 2 aliphatic heterocycles. The molecule has 0 aromatic heterocycles. The molecule has 182 valence electrons. The lowest BCUT2D eigenvalue weighted by molar-refractivity contribution is -0.123. The second kappa shape index (κ2) is 10.2. The van der Waals surface area contributed by atoms with Crippen LogP contribution in [-0.4, -0.2) is 28.8 Å². The average Bonchev–Trinajstić information content (AvgIpc) is 3.40. The Hall–Kier alpha value is -2.98. The molecule has 1 saturated heterocycles. The number of benzene rings is 3. The average molecular weight is 607 g/mol. The van der Waals surface area contributed by atoms with E-state index < -0.39 is 17.1 Å². The van der Waals surface area contributed by atoms with E-state index in [9.17, 15) is 14.4 Å². The van der Waals surface area contributed by atoms with Crippen molar-refractivity contribution in [3.05, 3.63) is 90.7 Å². The van der Waals surface area contributed by atoms with Crippen molar-refractivity contribution in [2.45, 2.75) is 6.54 Å². The minimum Gasteiger partial charge on any atom is -0.454 e. The quantitative estimate of drug-likeness (QED) is 0.177. The summed E-state index contributed by atoms with van der Waals surface area (Å²) in [6.45, 7) is 0.0921. The van der Waals surface area contributed by atoms with Crippen LogP contribution in [0.4, 0.5) is 4.79 Å². The minimum absolute atomic E-state index is 0.000756. The summed E-state index contributed by atoms with van der Waals surface area (Å²) in [6.07, 6.45) is 1.60. The zero-order chi connectivity index (χ0) is 25.4. The van der Waals surface area contributed by atoms with E-state index in [4.69, 9.17) is 37.4 Å². The van der Waals surface area contributed by atoms with Crippen molar-refractivity contribution in [1.82, 2.24) is 4.90 Å². The number of thioether (sulfide) groups is 1. The molecule has 2 amide bonds. The Balaban J connectivity index is 1.30. The molecule has 7 nitrogen and oxygen atoms in total. The van der Waals surface area contributed by atoms with Crippen molar-refractivity contribution in [2.75, 3.05) is 6.79 Å². The number of hydrogen-bond acceptors (Lipinski definition) is 7. The normalized spacial score (nSPS) is 15.6. The van der Waals surface area contributed by atoms with Gasteiger partial charge in [0, 0.05) is 16.1 Å². The van der Waals surface area contributed by atoms with Crippen molar-refractivity contribution in [1.29, 1.82) is 0 Å². The Morgan fingerprint density at radius 2 is 1.78 bits per heavy atom. The molecule has 0 bridgehead atoms. The standard InChI is InChI=1S/C25H14BrCl2NO6S/c26-17-7-13(1-6-19(17)35-24(31)14-2-4-16(27)5-3-14)8-22-23(30)29(25(32)36-22)11-15-9-20-21(10-18(15)28)34-12-33-20/h1-10H,11-12H2/b22-8-. The fraction of sp³-hybridized carbons (Fsp3) is 0.0800. The SMILES string of the molecule is O=C(Oc1ccc(/C=C2\SC(=O)N(Cc3cc4c(cc3Cl)OCO4)C2=O)cc1Br)c1ccc(Cl)cc1. The third-order valence-corrected chi connectivity index (χ3v) is 7.41. The Bertz CT molecular complexity index is 1440. The van der Waals surface area contributed by atoms with Gasteiger partial charge in [0.15, 0.2) is 11.5 Å². The van der Waals surface area contributed by atoms with Crippen LogP contribution in [-0.2, 0) is 11.3 Å². The molecule has 0 aliphatic carbocycles. The summed E-state index contributed by atoms with van der Waals surface area (Å²) in [5, 5.41) is 0.475. The summed E-state index contributed by atoms with van der Waals surface area (Å²) in [5.74, 6) is 0.360. The maximum absolute atomic E-state index is 13.0. The monoisotopic (exact) mass is 605 g/mol. The molecule has 3 aromatic rings. The van der Waals surface area contributed by atoms with Crippen molar-refractivity contribution in [2.24, 2.45) is 0 Å². The van der Waals surface area contributed by atoms with Crippen LogP contribution in [0.2, 0.25) is 10.0 Å². The third-order valence-electron chi connectivity index (χ3n) is 5.28. The smallest absolute Gasteiger partial charge is 0.343 e. The second-order valence-electron chi connectivity index (χ2n) is 7.65. The van der Waals surface area contributed by atoms with E-state index >= 15 is 0 Å². The molecule has 3 aromatic carbocycles. The molecule has 0 atom stereocenters. The molecule has 0 unspecified atom stereocenters. The maximum atomic E-state index is 13.0. The van der Waals surface area contributed by atoms with Gasteiger partial charge in [-0.2, -0.15) is 0 Å². The van der Waals surface area contributed by atoms with Gasteiger partial charge in [0.2, 0.25) is 6.79 Å². The number of fused-ring (bicyclic) bond motifs is 1. The zero-order valence-corrected chi connectivity index (χ0v) is 22.0. The number of carbonyl (C=O) groups excluding carboxylic acids is 3. The Kier molecular flexibility index (Phi) is 6.98. The number of esters is 1. The number of nitrogens with zero attached hydrogens (tertiary/aromatic N) is 1. The van der Waals surface area contributed by atoms with E-state index in [-0.39, 0.29) is 18.2 Å². The lowest BCUT2D eigenvalue weighted by Crippen LogP contribution is -2.27. The maximum Gasteiger partial charge on any atom is 0.343 e. The topological polar surface area (TPSA) is 82.1 Å². The van der Waals surface area contributed by atoms with Gasteiger partial charge >= 0.3 is 5.97 Å². The molecular formula is C25H14BrCl2NO6S. The number of carbonyl (C=O) groups is 3. The summed E-state index contributed by atoms with van der Waals surface area (Å²) in [6, 6.07) is 14.6. The van der Waals surface area contributed by atoms with E-state index in [1.54, 1.807) is 60.7 Å². The molecule has 0 spiro atoms. The summed E-state index contributed by atoms with van der Waals surface area (Å²) >= 11 is 16.4. The zero-order valence-electron chi connectivity index (χ0n) is 18.1. The summed E-state index contributed by atoms with van der Waals surface area (Å²) in [7, 11) is 0. The number of halogens is 3. The summed E-state index contributed by atoms with van der Waals surface area (Å²) in [4.78, 5) is 39.3. The van der Waals surface area contributed by atoms with Crippen LogP contribution < -0.4 is 14.2 Å². The van der Waals surface area contributed by atoms with E-state index in [0.29, 0.717) is 48.5 Å². The molecule has 5 rings (SSSR count). The number of hydrogen-bond donors (Lipinski definition) is 0. The van der Waals surface area contributed by atoms with Gasteiger partial charge in [0.05, 0.1) is 21.5 Å². The lowest BCUT2D eigenvalue weighted by atomic mass is 10.1. The van der Waals surface area contributed by atoms with E-state index in [2.05, 4.69) is 15.9 Å². The van der Waals surface area contributed by atoms with Crippen LogP contribution in [0, 0.1) is 0 Å². The van der Waals surface area contributed by atoms with E-state index in [1.165, 1.54) is 0 Å². The van der Waals surface area contributed by atoms with Gasteiger partial charge in [-0.05, 0) is 87.4 Å². The Labute approximate surface area is 228 Å². The highest BCUT2D eigenvalue weighted by molar-refractivity contribution is 9.10. The van der Waals surface area contributed by atoms with Crippen LogP contribution in [0.1, 0.15) is 21.5 Å². The van der Waals surface area contributed by atoms with Crippen molar-refractivity contribution < 1.29 is 28.6 Å². The van der Waals surface area contributed by atoms with Crippen LogP contribution in [0.5, 0.6) is 17.2 Å². The number of rotatable bonds is 5. The minimum atomic E-state index is -0.539. The third kappa shape index (κ3) is 5.10. The second-order valence-corrected chi connectivity index (χ2v) is 10.3. The Morgan fingerprint density at radius 3 is 2.50 bits per heavy atom. The first-order chi connectivity index (χ1) is 17.3. The highest BCUT2D eigenvalue weighted by Crippen LogP contribution is 2.39. The summed E-state index contributed by atoms with van der Waals surface area (Å²) in [5.41, 5.74) is 1.56. The predicted molar refractivity (Wildman–Crippen MR) is 140 cm³/mol. The van der Waals surface area contributed by atoms with Crippen LogP contribution in [0.3, 0.4) is 0 Å². The van der Waals surface area contributed by atoms with E-state index in [0.717, 1.165) is 16.7 Å².